The Bertz CT molecular complexity index is 1480. The van der Waals surface area contributed by atoms with Crippen LogP contribution in [-0.2, 0) is 20.2 Å². The number of rotatable bonds is 3. The molecule has 1 aromatic carbocycles. The number of carboxylic acid groups (broad SMARTS) is 1. The van der Waals surface area contributed by atoms with Crippen LogP contribution >= 0.6 is 0 Å². The summed E-state index contributed by atoms with van der Waals surface area (Å²) in [6, 6.07) is 2.18. The standard InChI is InChI=1S/C31H38F2N4O7/c1-6-18-22-15-37(23(18)28(39)40)27(38)25(30(2,3)4)36-29(41)44-21-13-16(21)9-7-8-12-31(32,33)24-26(43-22)35-20-14-17(42-5)10-11-19(20)34-24/h8,10-12,14,16,18,21-23,25H,6-7,9,13,15H2,1-5H3,(H,36,41)(H,39,40)/b12-8+/t16-,18-,21-,22+,23+,25-/m1/s1. The Morgan fingerprint density at radius 2 is 1.93 bits per heavy atom. The molecule has 1 saturated carbocycles. The highest BCUT2D eigenvalue weighted by Crippen LogP contribution is 2.41. The molecule has 1 aliphatic carbocycles. The molecule has 6 atom stereocenters. The van der Waals surface area contributed by atoms with Gasteiger partial charge in [0.15, 0.2) is 5.69 Å². The fourth-order valence-corrected chi connectivity index (χ4v) is 6.01. The average Bonchev–Trinajstić information content (AvgIpc) is 3.58. The van der Waals surface area contributed by atoms with Crippen molar-refractivity contribution in [1.82, 2.24) is 20.2 Å². The molecule has 238 valence electrons. The van der Waals surface area contributed by atoms with Crippen LogP contribution in [0.15, 0.2) is 30.4 Å². The highest BCUT2D eigenvalue weighted by Gasteiger charge is 2.52. The van der Waals surface area contributed by atoms with E-state index in [1.165, 1.54) is 25.3 Å². The summed E-state index contributed by atoms with van der Waals surface area (Å²) in [6.07, 6.45) is 1.59. The number of hydrogen-bond acceptors (Lipinski definition) is 8. The highest BCUT2D eigenvalue weighted by molar-refractivity contribution is 5.90. The van der Waals surface area contributed by atoms with Gasteiger partial charge in [0.25, 0.3) is 0 Å². The van der Waals surface area contributed by atoms with Crippen molar-refractivity contribution >= 4 is 29.0 Å². The Labute approximate surface area is 253 Å². The van der Waals surface area contributed by atoms with Crippen LogP contribution in [0.4, 0.5) is 13.6 Å². The van der Waals surface area contributed by atoms with E-state index in [1.54, 1.807) is 33.8 Å². The van der Waals surface area contributed by atoms with Crippen molar-refractivity contribution in [2.75, 3.05) is 13.7 Å². The number of halogens is 2. The van der Waals surface area contributed by atoms with Gasteiger partial charge in [0, 0.05) is 12.0 Å². The fraction of sp³-hybridized carbons (Fsp3) is 0.581. The quantitative estimate of drug-likeness (QED) is 0.471. The summed E-state index contributed by atoms with van der Waals surface area (Å²) >= 11 is 0. The zero-order valence-corrected chi connectivity index (χ0v) is 25.4. The van der Waals surface area contributed by atoms with Gasteiger partial charge in [-0.1, -0.05) is 33.8 Å². The number of methoxy groups -OCH3 is 1. The van der Waals surface area contributed by atoms with E-state index in [-0.39, 0.29) is 29.9 Å². The minimum atomic E-state index is -3.58. The number of carbonyl (C=O) groups excluding carboxylic acids is 2. The van der Waals surface area contributed by atoms with Gasteiger partial charge in [0.05, 0.1) is 24.7 Å². The number of hydrogen-bond donors (Lipinski definition) is 2. The maximum Gasteiger partial charge on any atom is 0.408 e. The lowest BCUT2D eigenvalue weighted by Crippen LogP contribution is -2.57. The number of alkyl halides is 2. The number of fused-ring (bicyclic) bond motifs is 5. The summed E-state index contributed by atoms with van der Waals surface area (Å²) in [4.78, 5) is 49.3. The first-order valence-corrected chi connectivity index (χ1v) is 14.8. The van der Waals surface area contributed by atoms with Crippen molar-refractivity contribution < 1.29 is 42.5 Å². The second-order valence-corrected chi connectivity index (χ2v) is 12.7. The normalized spacial score (nSPS) is 29.7. The lowest BCUT2D eigenvalue weighted by molar-refractivity contribution is -0.151. The van der Waals surface area contributed by atoms with Crippen molar-refractivity contribution in [1.29, 1.82) is 0 Å². The van der Waals surface area contributed by atoms with Gasteiger partial charge in [-0.05, 0) is 55.2 Å². The monoisotopic (exact) mass is 616 g/mol. The number of allylic oxidation sites excluding steroid dienone is 2. The van der Waals surface area contributed by atoms with Crippen LogP contribution in [0.5, 0.6) is 11.6 Å². The zero-order chi connectivity index (χ0) is 32.0. The molecule has 3 heterocycles. The number of ether oxygens (including phenoxy) is 3. The fourth-order valence-electron chi connectivity index (χ4n) is 6.01. The number of carboxylic acids is 1. The van der Waals surface area contributed by atoms with E-state index in [4.69, 9.17) is 14.2 Å². The van der Waals surface area contributed by atoms with Crippen molar-refractivity contribution in [3.05, 3.63) is 36.0 Å². The average molecular weight is 617 g/mol. The summed E-state index contributed by atoms with van der Waals surface area (Å²) in [7, 11) is 1.46. The van der Waals surface area contributed by atoms with Crippen molar-refractivity contribution in [3.63, 3.8) is 0 Å². The lowest BCUT2D eigenvalue weighted by atomic mass is 9.85. The maximum absolute atomic E-state index is 15.8. The zero-order valence-electron chi connectivity index (χ0n) is 25.4. The molecule has 2 aliphatic heterocycles. The Morgan fingerprint density at radius 1 is 1.18 bits per heavy atom. The molecule has 1 saturated heterocycles. The number of carbonyl (C=O) groups is 3. The van der Waals surface area contributed by atoms with Gasteiger partial charge < -0.3 is 29.5 Å². The summed E-state index contributed by atoms with van der Waals surface area (Å²) in [5.41, 5.74) is -1.09. The number of benzene rings is 1. The Balaban J connectivity index is 1.61. The SMILES string of the molecule is CC[C@@H]1[C@@H]2CN(C(=O)[C@H](C(C)(C)C)NC(=O)O[C@@H]3C[C@H]3CC/C=C/C(F)(F)c3nc4ccc(OC)cc4nc3O2)[C@@H]1C(=O)O. The molecule has 0 spiro atoms. The lowest BCUT2D eigenvalue weighted by Gasteiger charge is -2.34. The molecule has 2 amide bonds. The number of amides is 2. The molecule has 44 heavy (non-hydrogen) atoms. The minimum absolute atomic E-state index is 0.00271. The predicted octanol–water partition coefficient (Wildman–Crippen LogP) is 4.68. The van der Waals surface area contributed by atoms with E-state index in [9.17, 15) is 19.5 Å². The van der Waals surface area contributed by atoms with E-state index in [1.807, 2.05) is 0 Å². The number of nitrogens with one attached hydrogen (secondary N) is 1. The smallest absolute Gasteiger partial charge is 0.408 e. The van der Waals surface area contributed by atoms with E-state index in [2.05, 4.69) is 15.3 Å². The molecule has 1 aromatic heterocycles. The van der Waals surface area contributed by atoms with Gasteiger partial charge in [0.2, 0.25) is 11.8 Å². The van der Waals surface area contributed by atoms with Crippen LogP contribution in [0.1, 0.15) is 59.1 Å². The number of aromatic nitrogens is 2. The first-order valence-electron chi connectivity index (χ1n) is 14.8. The van der Waals surface area contributed by atoms with Gasteiger partial charge in [-0.2, -0.15) is 8.78 Å². The summed E-state index contributed by atoms with van der Waals surface area (Å²) in [5.74, 6) is -6.30. The Morgan fingerprint density at radius 3 is 2.59 bits per heavy atom. The van der Waals surface area contributed by atoms with Crippen molar-refractivity contribution in [2.45, 2.75) is 83.6 Å². The van der Waals surface area contributed by atoms with E-state index < -0.39 is 71.1 Å². The molecule has 0 unspecified atom stereocenters. The molecule has 2 fully saturated rings. The second kappa shape index (κ2) is 11.8. The molecule has 5 rings (SSSR count). The largest absolute Gasteiger partial charge is 0.497 e. The Hall–Kier alpha value is -4.03. The molecular weight excluding hydrogens is 578 g/mol. The van der Waals surface area contributed by atoms with Crippen LogP contribution in [0.3, 0.4) is 0 Å². The first-order chi connectivity index (χ1) is 20.7. The molecule has 2 aromatic rings. The molecular formula is C31H38F2N4O7. The van der Waals surface area contributed by atoms with Crippen LogP contribution in [0.25, 0.3) is 11.0 Å². The van der Waals surface area contributed by atoms with E-state index in [0.29, 0.717) is 25.0 Å². The van der Waals surface area contributed by atoms with Gasteiger partial charge in [-0.15, -0.1) is 0 Å². The van der Waals surface area contributed by atoms with Gasteiger partial charge in [0.1, 0.15) is 30.0 Å². The highest BCUT2D eigenvalue weighted by atomic mass is 19.3. The topological polar surface area (TPSA) is 140 Å². The molecule has 2 bridgehead atoms. The summed E-state index contributed by atoms with van der Waals surface area (Å²) in [5, 5.41) is 12.9. The van der Waals surface area contributed by atoms with Gasteiger partial charge in [-0.3, -0.25) is 4.79 Å². The predicted molar refractivity (Wildman–Crippen MR) is 154 cm³/mol. The molecule has 11 nitrogen and oxygen atoms in total. The van der Waals surface area contributed by atoms with Crippen molar-refractivity contribution in [3.8, 4) is 11.6 Å². The third-order valence-electron chi connectivity index (χ3n) is 8.54. The second-order valence-electron chi connectivity index (χ2n) is 12.7. The van der Waals surface area contributed by atoms with Crippen molar-refractivity contribution in [2.24, 2.45) is 17.3 Å². The van der Waals surface area contributed by atoms with Crippen LogP contribution in [0.2, 0.25) is 0 Å². The van der Waals surface area contributed by atoms with Crippen LogP contribution in [0, 0.1) is 17.3 Å². The summed E-state index contributed by atoms with van der Waals surface area (Å²) < 4.78 is 48.5. The molecule has 0 radical (unpaired) electrons. The van der Waals surface area contributed by atoms with Gasteiger partial charge in [-0.25, -0.2) is 19.6 Å². The van der Waals surface area contributed by atoms with Gasteiger partial charge >= 0.3 is 18.0 Å². The number of alkyl carbamates (subject to hydrolysis) is 1. The maximum atomic E-state index is 15.8. The van der Waals surface area contributed by atoms with Crippen LogP contribution in [-0.4, -0.2) is 75.9 Å². The third-order valence-corrected chi connectivity index (χ3v) is 8.54. The molecule has 2 N–H and O–H groups in total. The molecule has 3 aliphatic rings. The molecule has 13 heteroatoms. The number of nitrogens with zero attached hydrogens (tertiary/aromatic N) is 3. The number of aliphatic carboxylic acids is 1. The third kappa shape index (κ3) is 6.27. The Kier molecular flexibility index (Phi) is 8.43. The first kappa shape index (κ1) is 31.4. The van der Waals surface area contributed by atoms with E-state index >= 15 is 8.78 Å². The minimum Gasteiger partial charge on any atom is -0.497 e. The van der Waals surface area contributed by atoms with E-state index in [0.717, 1.165) is 11.0 Å². The van der Waals surface area contributed by atoms with Crippen LogP contribution < -0.4 is 14.8 Å². The summed E-state index contributed by atoms with van der Waals surface area (Å²) in [6.45, 7) is 6.75.